The quantitative estimate of drug-likeness (QED) is 0.710. The van der Waals surface area contributed by atoms with E-state index in [0.29, 0.717) is 11.3 Å². The van der Waals surface area contributed by atoms with E-state index in [4.69, 9.17) is 4.74 Å². The Labute approximate surface area is 93.2 Å². The molecule has 16 heavy (non-hydrogen) atoms. The summed E-state index contributed by atoms with van der Waals surface area (Å²) in [7, 11) is 1.29. The summed E-state index contributed by atoms with van der Waals surface area (Å²) in [6, 6.07) is 6.97. The number of benzene rings is 1. The fourth-order valence-electron chi connectivity index (χ4n) is 1.78. The maximum absolute atomic E-state index is 12.0. The molecule has 1 aliphatic rings. The third kappa shape index (κ3) is 1.56. The number of carbonyl (C=O) groups excluding carboxylic acids is 2. The molecule has 0 spiro atoms. The van der Waals surface area contributed by atoms with E-state index in [1.807, 2.05) is 0 Å². The second-order valence-electron chi connectivity index (χ2n) is 3.91. The number of carbonyl (C=O) groups is 2. The van der Waals surface area contributed by atoms with E-state index in [0.717, 1.165) is 0 Å². The Morgan fingerprint density at radius 2 is 2.12 bits per heavy atom. The minimum atomic E-state index is -1.13. The molecule has 4 heteroatoms. The van der Waals surface area contributed by atoms with E-state index >= 15 is 0 Å². The molecule has 1 unspecified atom stereocenters. The van der Waals surface area contributed by atoms with Crippen molar-refractivity contribution in [2.45, 2.75) is 18.9 Å². The second kappa shape index (κ2) is 3.63. The van der Waals surface area contributed by atoms with Gasteiger partial charge in [0.1, 0.15) is 5.75 Å². The van der Waals surface area contributed by atoms with Crippen molar-refractivity contribution in [3.05, 3.63) is 29.8 Å². The molecule has 4 nitrogen and oxygen atoms in total. The summed E-state index contributed by atoms with van der Waals surface area (Å²) in [5.74, 6) is -0.101. The molecule has 0 amide bonds. The van der Waals surface area contributed by atoms with Crippen molar-refractivity contribution in [3.63, 3.8) is 0 Å². The maximum atomic E-state index is 12.0. The van der Waals surface area contributed by atoms with Crippen LogP contribution < -0.4 is 4.74 Å². The lowest BCUT2D eigenvalue weighted by Gasteiger charge is -2.20. The molecule has 1 atom stereocenters. The van der Waals surface area contributed by atoms with Gasteiger partial charge >= 0.3 is 5.97 Å². The molecule has 84 valence electrons. The number of methoxy groups -OCH3 is 1. The molecule has 0 saturated carbocycles. The summed E-state index contributed by atoms with van der Waals surface area (Å²) in [6.07, 6.45) is -0.0724. The van der Waals surface area contributed by atoms with Crippen LogP contribution in [-0.2, 0) is 9.53 Å². The zero-order chi connectivity index (χ0) is 11.8. The third-order valence-corrected chi connectivity index (χ3v) is 2.66. The number of rotatable bonds is 2. The van der Waals surface area contributed by atoms with E-state index in [2.05, 4.69) is 4.74 Å². The van der Waals surface area contributed by atoms with Crippen LogP contribution in [0.25, 0.3) is 0 Å². The van der Waals surface area contributed by atoms with Gasteiger partial charge in [-0.15, -0.1) is 0 Å². The molecule has 0 aromatic heterocycles. The lowest BCUT2D eigenvalue weighted by molar-refractivity contribution is -0.143. The predicted octanol–water partition coefficient (Wildman–Crippen LogP) is 1.58. The first-order valence-electron chi connectivity index (χ1n) is 4.96. The normalized spacial score (nSPS) is 22.5. The van der Waals surface area contributed by atoms with Gasteiger partial charge in [0.05, 0.1) is 19.1 Å². The average Bonchev–Trinajstić information content (AvgIpc) is 2.52. The first-order chi connectivity index (χ1) is 7.57. The first-order valence-corrected chi connectivity index (χ1v) is 4.96. The van der Waals surface area contributed by atoms with E-state index in [1.54, 1.807) is 31.2 Å². The molecule has 1 aromatic rings. The van der Waals surface area contributed by atoms with Gasteiger partial charge in [-0.25, -0.2) is 0 Å². The van der Waals surface area contributed by atoms with Gasteiger partial charge in [-0.05, 0) is 19.1 Å². The number of ketones is 1. The Morgan fingerprint density at radius 3 is 2.75 bits per heavy atom. The van der Waals surface area contributed by atoms with Crippen LogP contribution in [0.15, 0.2) is 24.3 Å². The molecular formula is C12H12O4. The fourth-order valence-corrected chi connectivity index (χ4v) is 1.78. The zero-order valence-corrected chi connectivity index (χ0v) is 9.15. The van der Waals surface area contributed by atoms with Crippen molar-refractivity contribution in [1.29, 1.82) is 0 Å². The van der Waals surface area contributed by atoms with Crippen LogP contribution in [-0.4, -0.2) is 24.5 Å². The lowest BCUT2D eigenvalue weighted by Crippen LogP contribution is -2.39. The smallest absolute Gasteiger partial charge is 0.310 e. The summed E-state index contributed by atoms with van der Waals surface area (Å²) in [4.78, 5) is 23.3. The number of ether oxygens (including phenoxy) is 2. The van der Waals surface area contributed by atoms with Crippen molar-refractivity contribution in [1.82, 2.24) is 0 Å². The van der Waals surface area contributed by atoms with E-state index < -0.39 is 11.6 Å². The highest BCUT2D eigenvalue weighted by Crippen LogP contribution is 2.36. The molecule has 1 heterocycles. The first kappa shape index (κ1) is 10.7. The highest BCUT2D eigenvalue weighted by Gasteiger charge is 2.45. The molecule has 0 fully saturated rings. The topological polar surface area (TPSA) is 52.6 Å². The second-order valence-corrected chi connectivity index (χ2v) is 3.91. The number of esters is 1. The minimum absolute atomic E-state index is 0.0724. The van der Waals surface area contributed by atoms with Crippen molar-refractivity contribution in [2.24, 2.45) is 0 Å². The number of hydrogen-bond donors (Lipinski definition) is 0. The van der Waals surface area contributed by atoms with Gasteiger partial charge in [0.15, 0.2) is 5.60 Å². The van der Waals surface area contributed by atoms with Gasteiger partial charge in [-0.1, -0.05) is 12.1 Å². The molecule has 0 radical (unpaired) electrons. The maximum Gasteiger partial charge on any atom is 0.310 e. The molecule has 0 N–H and O–H groups in total. The zero-order valence-electron chi connectivity index (χ0n) is 9.15. The lowest BCUT2D eigenvalue weighted by atomic mass is 9.94. The predicted molar refractivity (Wildman–Crippen MR) is 56.4 cm³/mol. The number of hydrogen-bond acceptors (Lipinski definition) is 4. The van der Waals surface area contributed by atoms with Gasteiger partial charge in [0.25, 0.3) is 0 Å². The Balaban J connectivity index is 2.30. The van der Waals surface area contributed by atoms with E-state index in [-0.39, 0.29) is 12.2 Å². The largest absolute Gasteiger partial charge is 0.478 e. The Bertz CT molecular complexity index is 452. The standard InChI is InChI=1S/C12H12O4/c1-12(7-10(13)15-2)11(14)8-5-3-4-6-9(8)16-12/h3-6H,7H2,1-2H3. The van der Waals surface area contributed by atoms with Gasteiger partial charge in [-0.3, -0.25) is 9.59 Å². The van der Waals surface area contributed by atoms with Crippen LogP contribution in [0.1, 0.15) is 23.7 Å². The highest BCUT2D eigenvalue weighted by molar-refractivity contribution is 6.08. The number of Topliss-reactive ketones (excluding diaryl/α,β-unsaturated/α-hetero) is 1. The van der Waals surface area contributed by atoms with Gasteiger partial charge in [-0.2, -0.15) is 0 Å². The summed E-state index contributed by atoms with van der Waals surface area (Å²) in [6.45, 7) is 1.60. The number of para-hydroxylation sites is 1. The molecule has 1 aromatic carbocycles. The molecule has 1 aliphatic heterocycles. The van der Waals surface area contributed by atoms with Gasteiger partial charge in [0.2, 0.25) is 5.78 Å². The van der Waals surface area contributed by atoms with Crippen molar-refractivity contribution in [3.8, 4) is 5.75 Å². The Hall–Kier alpha value is -1.84. The van der Waals surface area contributed by atoms with Crippen LogP contribution in [0, 0.1) is 0 Å². The molecular weight excluding hydrogens is 208 g/mol. The van der Waals surface area contributed by atoms with Crippen molar-refractivity contribution >= 4 is 11.8 Å². The van der Waals surface area contributed by atoms with Crippen LogP contribution in [0.5, 0.6) is 5.75 Å². The van der Waals surface area contributed by atoms with Crippen molar-refractivity contribution in [2.75, 3.05) is 7.11 Å². The SMILES string of the molecule is COC(=O)CC1(C)Oc2ccccc2C1=O. The van der Waals surface area contributed by atoms with Gasteiger partial charge in [0, 0.05) is 0 Å². The number of fused-ring (bicyclic) bond motifs is 1. The van der Waals surface area contributed by atoms with E-state index in [9.17, 15) is 9.59 Å². The summed E-state index contributed by atoms with van der Waals surface area (Å²) in [5.41, 5.74) is -0.606. The van der Waals surface area contributed by atoms with Crippen LogP contribution in [0.4, 0.5) is 0 Å². The molecule has 0 saturated heterocycles. The average molecular weight is 220 g/mol. The summed E-state index contributed by atoms with van der Waals surface area (Å²) in [5, 5.41) is 0. The van der Waals surface area contributed by atoms with Gasteiger partial charge < -0.3 is 9.47 Å². The molecule has 0 aliphatic carbocycles. The van der Waals surface area contributed by atoms with Crippen LogP contribution >= 0.6 is 0 Å². The summed E-state index contributed by atoms with van der Waals surface area (Å²) >= 11 is 0. The van der Waals surface area contributed by atoms with Crippen LogP contribution in [0.2, 0.25) is 0 Å². The molecule has 0 bridgehead atoms. The van der Waals surface area contributed by atoms with E-state index in [1.165, 1.54) is 7.11 Å². The minimum Gasteiger partial charge on any atom is -0.478 e. The van der Waals surface area contributed by atoms with Crippen molar-refractivity contribution < 1.29 is 19.1 Å². The molecule has 2 rings (SSSR count). The fraction of sp³-hybridized carbons (Fsp3) is 0.333. The monoisotopic (exact) mass is 220 g/mol. The Kier molecular flexibility index (Phi) is 2.42. The summed E-state index contributed by atoms with van der Waals surface area (Å²) < 4.78 is 10.1. The third-order valence-electron chi connectivity index (χ3n) is 2.66. The highest BCUT2D eigenvalue weighted by atomic mass is 16.5. The van der Waals surface area contributed by atoms with Crippen LogP contribution in [0.3, 0.4) is 0 Å². The Morgan fingerprint density at radius 1 is 1.44 bits per heavy atom.